The van der Waals surface area contributed by atoms with Crippen molar-refractivity contribution in [3.8, 4) is 17.1 Å². The van der Waals surface area contributed by atoms with Gasteiger partial charge in [-0.15, -0.1) is 0 Å². The molecule has 84 valence electrons. The maximum atomic E-state index is 5.91. The smallest absolute Gasteiger partial charge is 0.183 e. The number of methoxy groups -OCH3 is 1. The normalized spacial score (nSPS) is 10.4. The quantitative estimate of drug-likeness (QED) is 0.767. The number of ether oxygens (including phenoxy) is 1. The van der Waals surface area contributed by atoms with Crippen LogP contribution in [0.3, 0.4) is 0 Å². The number of nitrogens with two attached hydrogens (primary N) is 1. The zero-order chi connectivity index (χ0) is 11.5. The summed E-state index contributed by atoms with van der Waals surface area (Å²) in [4.78, 5) is 4.33. The number of hydrogen-bond donors (Lipinski definition) is 2. The Morgan fingerprint density at radius 3 is 2.81 bits per heavy atom. The van der Waals surface area contributed by atoms with Crippen molar-refractivity contribution in [1.29, 1.82) is 0 Å². The third-order valence-electron chi connectivity index (χ3n) is 2.37. The Kier molecular flexibility index (Phi) is 2.76. The second-order valence-corrected chi connectivity index (χ2v) is 3.41. The highest BCUT2D eigenvalue weighted by molar-refractivity contribution is 5.72. The van der Waals surface area contributed by atoms with Gasteiger partial charge in [-0.25, -0.2) is 4.98 Å². The highest BCUT2D eigenvalue weighted by Crippen LogP contribution is 2.26. The molecule has 5 nitrogen and oxygen atoms in total. The Bertz CT molecular complexity index is 492. The molecule has 0 amide bonds. The number of nitrogens with zero attached hydrogens (tertiary/aromatic N) is 2. The van der Waals surface area contributed by atoms with Gasteiger partial charge in [0.15, 0.2) is 5.82 Å². The van der Waals surface area contributed by atoms with E-state index in [1.807, 2.05) is 19.1 Å². The minimum absolute atomic E-state index is 0.612. The van der Waals surface area contributed by atoms with Crippen LogP contribution in [0.1, 0.15) is 12.7 Å². The van der Waals surface area contributed by atoms with Crippen LogP contribution in [0.5, 0.6) is 5.75 Å². The molecule has 0 spiro atoms. The lowest BCUT2D eigenvalue weighted by Gasteiger charge is -2.04. The Labute approximate surface area is 93.7 Å². The van der Waals surface area contributed by atoms with Crippen LogP contribution in [0, 0.1) is 0 Å². The lowest BCUT2D eigenvalue weighted by molar-refractivity contribution is 0.415. The van der Waals surface area contributed by atoms with E-state index in [1.54, 1.807) is 13.2 Å². The van der Waals surface area contributed by atoms with Crippen LogP contribution in [-0.4, -0.2) is 22.3 Å². The van der Waals surface area contributed by atoms with Gasteiger partial charge in [0, 0.05) is 23.7 Å². The number of nitrogens with one attached hydrogen (secondary N) is 1. The summed E-state index contributed by atoms with van der Waals surface area (Å²) in [5.41, 5.74) is 7.33. The summed E-state index contributed by atoms with van der Waals surface area (Å²) in [6, 6.07) is 5.46. The molecule has 1 aromatic heterocycles. The Hall–Kier alpha value is -2.04. The maximum absolute atomic E-state index is 5.91. The minimum Gasteiger partial charge on any atom is -0.497 e. The fourth-order valence-electron chi connectivity index (χ4n) is 1.45. The molecule has 0 atom stereocenters. The first-order chi connectivity index (χ1) is 7.74. The van der Waals surface area contributed by atoms with Crippen LogP contribution in [0.25, 0.3) is 11.4 Å². The number of benzene rings is 1. The molecule has 0 saturated heterocycles. The van der Waals surface area contributed by atoms with E-state index in [4.69, 9.17) is 10.5 Å². The third-order valence-corrected chi connectivity index (χ3v) is 2.37. The molecule has 0 unspecified atom stereocenters. The van der Waals surface area contributed by atoms with Crippen molar-refractivity contribution in [1.82, 2.24) is 15.2 Å². The van der Waals surface area contributed by atoms with E-state index in [2.05, 4.69) is 15.2 Å². The van der Waals surface area contributed by atoms with Crippen molar-refractivity contribution < 1.29 is 4.74 Å². The van der Waals surface area contributed by atoms with Gasteiger partial charge in [-0.2, -0.15) is 5.10 Å². The maximum Gasteiger partial charge on any atom is 0.183 e. The number of aromatic nitrogens is 3. The first-order valence-corrected chi connectivity index (χ1v) is 5.09. The predicted octanol–water partition coefficient (Wildman–Crippen LogP) is 1.62. The zero-order valence-electron chi connectivity index (χ0n) is 9.32. The first-order valence-electron chi connectivity index (χ1n) is 5.09. The monoisotopic (exact) mass is 218 g/mol. The molecule has 2 rings (SSSR count). The third kappa shape index (κ3) is 1.84. The zero-order valence-corrected chi connectivity index (χ0v) is 9.32. The van der Waals surface area contributed by atoms with Crippen LogP contribution in [-0.2, 0) is 6.42 Å². The van der Waals surface area contributed by atoms with Crippen LogP contribution >= 0.6 is 0 Å². The lowest BCUT2D eigenvalue weighted by atomic mass is 10.1. The molecule has 1 aromatic carbocycles. The van der Waals surface area contributed by atoms with E-state index in [0.717, 1.165) is 23.6 Å². The van der Waals surface area contributed by atoms with Gasteiger partial charge in [-0.05, 0) is 12.1 Å². The van der Waals surface area contributed by atoms with Crippen LogP contribution in [0.15, 0.2) is 18.2 Å². The highest BCUT2D eigenvalue weighted by Gasteiger charge is 2.09. The largest absolute Gasteiger partial charge is 0.497 e. The molecule has 0 aliphatic carbocycles. The van der Waals surface area contributed by atoms with Gasteiger partial charge in [0.05, 0.1) is 7.11 Å². The molecule has 0 bridgehead atoms. The lowest BCUT2D eigenvalue weighted by Crippen LogP contribution is -1.93. The van der Waals surface area contributed by atoms with Gasteiger partial charge in [-0.1, -0.05) is 6.92 Å². The molecule has 0 aliphatic heterocycles. The molecule has 16 heavy (non-hydrogen) atoms. The minimum atomic E-state index is 0.612. The van der Waals surface area contributed by atoms with E-state index < -0.39 is 0 Å². The number of hydrogen-bond acceptors (Lipinski definition) is 4. The van der Waals surface area contributed by atoms with E-state index in [0.29, 0.717) is 11.5 Å². The van der Waals surface area contributed by atoms with E-state index in [-0.39, 0.29) is 0 Å². The predicted molar refractivity (Wildman–Crippen MR) is 62.2 cm³/mol. The standard InChI is InChI=1S/C11H14N4O/c1-3-10-13-11(15-14-10)8-5-4-7(16-2)6-9(8)12/h4-6H,3,12H2,1-2H3,(H,13,14,15). The number of aromatic amines is 1. The Morgan fingerprint density at radius 2 is 2.25 bits per heavy atom. The molecular formula is C11H14N4O. The van der Waals surface area contributed by atoms with Crippen molar-refractivity contribution in [3.63, 3.8) is 0 Å². The van der Waals surface area contributed by atoms with Crippen molar-refractivity contribution >= 4 is 5.69 Å². The Balaban J connectivity index is 2.40. The molecule has 5 heteroatoms. The topological polar surface area (TPSA) is 76.8 Å². The van der Waals surface area contributed by atoms with Crippen molar-refractivity contribution in [2.24, 2.45) is 0 Å². The molecular weight excluding hydrogens is 204 g/mol. The van der Waals surface area contributed by atoms with Crippen molar-refractivity contribution in [3.05, 3.63) is 24.0 Å². The second kappa shape index (κ2) is 4.22. The van der Waals surface area contributed by atoms with Gasteiger partial charge >= 0.3 is 0 Å². The number of rotatable bonds is 3. The fraction of sp³-hybridized carbons (Fsp3) is 0.273. The molecule has 1 heterocycles. The summed E-state index contributed by atoms with van der Waals surface area (Å²) in [6.45, 7) is 2.02. The van der Waals surface area contributed by atoms with E-state index in [9.17, 15) is 0 Å². The van der Waals surface area contributed by atoms with Gasteiger partial charge in [0.1, 0.15) is 11.6 Å². The second-order valence-electron chi connectivity index (χ2n) is 3.41. The number of anilines is 1. The number of nitrogen functional groups attached to an aromatic ring is 1. The summed E-state index contributed by atoms with van der Waals surface area (Å²) in [5, 5.41) is 6.98. The van der Waals surface area contributed by atoms with Gasteiger partial charge in [0.2, 0.25) is 0 Å². The number of H-pyrrole nitrogens is 1. The van der Waals surface area contributed by atoms with Gasteiger partial charge in [-0.3, -0.25) is 5.10 Å². The molecule has 2 aromatic rings. The average molecular weight is 218 g/mol. The summed E-state index contributed by atoms with van der Waals surface area (Å²) in [6.07, 6.45) is 0.822. The summed E-state index contributed by atoms with van der Waals surface area (Å²) in [7, 11) is 1.61. The Morgan fingerprint density at radius 1 is 1.44 bits per heavy atom. The van der Waals surface area contributed by atoms with Crippen LogP contribution in [0.4, 0.5) is 5.69 Å². The SMILES string of the molecule is CCc1nc(-c2ccc(OC)cc2N)n[nH]1. The summed E-state index contributed by atoms with van der Waals surface area (Å²) in [5.74, 6) is 2.20. The van der Waals surface area contributed by atoms with Crippen LogP contribution < -0.4 is 10.5 Å². The van der Waals surface area contributed by atoms with E-state index >= 15 is 0 Å². The fourth-order valence-corrected chi connectivity index (χ4v) is 1.45. The van der Waals surface area contributed by atoms with Gasteiger partial charge in [0.25, 0.3) is 0 Å². The molecule has 0 fully saturated rings. The highest BCUT2D eigenvalue weighted by atomic mass is 16.5. The molecule has 0 radical (unpaired) electrons. The molecule has 3 N–H and O–H groups in total. The van der Waals surface area contributed by atoms with Crippen molar-refractivity contribution in [2.45, 2.75) is 13.3 Å². The first kappa shape index (κ1) is 10.5. The summed E-state index contributed by atoms with van der Waals surface area (Å²) < 4.78 is 5.08. The summed E-state index contributed by atoms with van der Waals surface area (Å²) >= 11 is 0. The van der Waals surface area contributed by atoms with E-state index in [1.165, 1.54) is 0 Å². The number of aryl methyl sites for hydroxylation is 1. The average Bonchev–Trinajstić information content (AvgIpc) is 2.77. The molecule has 0 aliphatic rings. The van der Waals surface area contributed by atoms with Crippen molar-refractivity contribution in [2.75, 3.05) is 12.8 Å². The van der Waals surface area contributed by atoms with Gasteiger partial charge < -0.3 is 10.5 Å². The van der Waals surface area contributed by atoms with Crippen LogP contribution in [0.2, 0.25) is 0 Å². The molecule has 0 saturated carbocycles.